The first-order chi connectivity index (χ1) is 15.1. The molecule has 1 atom stereocenters. The van der Waals surface area contributed by atoms with Crippen LogP contribution >= 0.6 is 0 Å². The van der Waals surface area contributed by atoms with Crippen LogP contribution in [-0.4, -0.2) is 40.2 Å². The molecular formula is C24H29N3O5. The molecule has 2 N–H and O–H groups in total. The summed E-state index contributed by atoms with van der Waals surface area (Å²) in [5.41, 5.74) is 0.228. The molecule has 8 heteroatoms. The van der Waals surface area contributed by atoms with E-state index in [1.54, 1.807) is 70.2 Å². The largest absolute Gasteiger partial charge is 0.492 e. The molecule has 0 aliphatic heterocycles. The number of anilines is 1. The monoisotopic (exact) mass is 439 g/mol. The molecular weight excluding hydrogens is 410 g/mol. The van der Waals surface area contributed by atoms with Crippen LogP contribution in [-0.2, 0) is 4.79 Å². The number of rotatable bonds is 8. The van der Waals surface area contributed by atoms with Crippen molar-refractivity contribution in [3.8, 4) is 23.3 Å². The van der Waals surface area contributed by atoms with Crippen LogP contribution in [0.4, 0.5) is 10.5 Å². The summed E-state index contributed by atoms with van der Waals surface area (Å²) in [6, 6.07) is 12.9. The van der Waals surface area contributed by atoms with Gasteiger partial charge in [0.2, 0.25) is 5.91 Å². The van der Waals surface area contributed by atoms with Gasteiger partial charge >= 0.3 is 6.09 Å². The summed E-state index contributed by atoms with van der Waals surface area (Å²) in [5, 5.41) is 21.5. The van der Waals surface area contributed by atoms with Crippen LogP contribution in [0.2, 0.25) is 0 Å². The number of carbonyl (C=O) groups excluding carboxylic acids is 1. The van der Waals surface area contributed by atoms with E-state index in [-0.39, 0.29) is 0 Å². The van der Waals surface area contributed by atoms with Crippen molar-refractivity contribution >= 4 is 17.7 Å². The van der Waals surface area contributed by atoms with E-state index < -0.39 is 23.6 Å². The maximum atomic E-state index is 12.8. The van der Waals surface area contributed by atoms with Gasteiger partial charge in [-0.1, -0.05) is 6.92 Å². The molecule has 0 unspecified atom stereocenters. The molecule has 0 saturated carbocycles. The van der Waals surface area contributed by atoms with E-state index in [1.807, 2.05) is 6.92 Å². The Balaban J connectivity index is 2.12. The summed E-state index contributed by atoms with van der Waals surface area (Å²) in [7, 11) is 0. The molecule has 2 aromatic rings. The highest BCUT2D eigenvalue weighted by Gasteiger charge is 2.36. The van der Waals surface area contributed by atoms with Crippen molar-refractivity contribution in [3.63, 3.8) is 0 Å². The lowest BCUT2D eigenvalue weighted by atomic mass is 10.0. The molecule has 0 heterocycles. The Labute approximate surface area is 188 Å². The number of carboxylic acid groups (broad SMARTS) is 1. The van der Waals surface area contributed by atoms with Gasteiger partial charge in [-0.15, -0.1) is 0 Å². The van der Waals surface area contributed by atoms with E-state index in [0.29, 0.717) is 41.5 Å². The van der Waals surface area contributed by atoms with Crippen LogP contribution < -0.4 is 14.8 Å². The second-order valence-corrected chi connectivity index (χ2v) is 8.07. The highest BCUT2D eigenvalue weighted by Crippen LogP contribution is 2.29. The lowest BCUT2D eigenvalue weighted by molar-refractivity contribution is -0.122. The molecule has 0 saturated heterocycles. The molecule has 32 heavy (non-hydrogen) atoms. The number of nitriles is 1. The van der Waals surface area contributed by atoms with E-state index in [1.165, 1.54) is 4.90 Å². The number of amides is 2. The fourth-order valence-corrected chi connectivity index (χ4v) is 3.27. The molecule has 0 spiro atoms. The zero-order chi connectivity index (χ0) is 23.9. The van der Waals surface area contributed by atoms with Crippen LogP contribution in [0, 0.1) is 11.3 Å². The Kier molecular flexibility index (Phi) is 8.08. The van der Waals surface area contributed by atoms with Gasteiger partial charge in [-0.05, 0) is 70.5 Å². The lowest BCUT2D eigenvalue weighted by Crippen LogP contribution is -2.55. The predicted molar refractivity (Wildman–Crippen MR) is 121 cm³/mol. The van der Waals surface area contributed by atoms with Gasteiger partial charge in [0.1, 0.15) is 29.4 Å². The van der Waals surface area contributed by atoms with Gasteiger partial charge in [0.15, 0.2) is 0 Å². The molecule has 170 valence electrons. The maximum Gasteiger partial charge on any atom is 0.408 e. The lowest BCUT2D eigenvalue weighted by Gasteiger charge is -2.38. The van der Waals surface area contributed by atoms with Crippen molar-refractivity contribution in [1.29, 1.82) is 5.26 Å². The zero-order valence-corrected chi connectivity index (χ0v) is 19.0. The standard InChI is InChI=1S/C24H29N3O5/c1-6-20(27(23(29)30)24(3,4)5)22(28)26-17-9-12-18(13-10-17)32-19-11-8-16(15-25)21(14-19)31-7-2/h8-14,20H,6-7H2,1-5H3,(H,26,28)(H,29,30)/t20-/m1/s1. The van der Waals surface area contributed by atoms with Crippen LogP contribution in [0.1, 0.15) is 46.6 Å². The molecule has 0 aromatic heterocycles. The minimum absolute atomic E-state index is 0.345. The normalized spacial score (nSPS) is 11.8. The van der Waals surface area contributed by atoms with Crippen LogP contribution in [0.25, 0.3) is 0 Å². The summed E-state index contributed by atoms with van der Waals surface area (Å²) in [6.07, 6.45) is -0.797. The maximum absolute atomic E-state index is 12.8. The van der Waals surface area contributed by atoms with Crippen LogP contribution in [0.15, 0.2) is 42.5 Å². The summed E-state index contributed by atoms with van der Waals surface area (Å²) in [5.74, 6) is 1.09. The van der Waals surface area contributed by atoms with Crippen molar-refractivity contribution in [2.75, 3.05) is 11.9 Å². The fourth-order valence-electron chi connectivity index (χ4n) is 3.27. The first-order valence-corrected chi connectivity index (χ1v) is 10.4. The third kappa shape index (κ3) is 6.14. The van der Waals surface area contributed by atoms with E-state index in [0.717, 1.165) is 0 Å². The van der Waals surface area contributed by atoms with Crippen LogP contribution in [0.5, 0.6) is 17.2 Å². The van der Waals surface area contributed by atoms with Crippen LogP contribution in [0.3, 0.4) is 0 Å². The van der Waals surface area contributed by atoms with Gasteiger partial charge in [0.05, 0.1) is 12.2 Å². The van der Waals surface area contributed by atoms with Gasteiger partial charge in [0.25, 0.3) is 0 Å². The van der Waals surface area contributed by atoms with Gasteiger partial charge in [-0.25, -0.2) is 4.79 Å². The van der Waals surface area contributed by atoms with E-state index in [2.05, 4.69) is 11.4 Å². The number of nitrogens with one attached hydrogen (secondary N) is 1. The topological polar surface area (TPSA) is 112 Å². The first-order valence-electron chi connectivity index (χ1n) is 10.4. The average molecular weight is 440 g/mol. The Bertz CT molecular complexity index is 990. The Hall–Kier alpha value is -3.73. The second-order valence-electron chi connectivity index (χ2n) is 8.07. The van der Waals surface area contributed by atoms with E-state index >= 15 is 0 Å². The third-order valence-electron chi connectivity index (χ3n) is 4.66. The quantitative estimate of drug-likeness (QED) is 0.581. The van der Waals surface area contributed by atoms with E-state index in [9.17, 15) is 14.7 Å². The molecule has 0 bridgehead atoms. The van der Waals surface area contributed by atoms with Gasteiger partial charge in [-0.3, -0.25) is 9.69 Å². The summed E-state index contributed by atoms with van der Waals surface area (Å²) in [6.45, 7) is 9.30. The minimum atomic E-state index is -1.14. The highest BCUT2D eigenvalue weighted by atomic mass is 16.5. The molecule has 0 aliphatic carbocycles. The summed E-state index contributed by atoms with van der Waals surface area (Å²) < 4.78 is 11.3. The van der Waals surface area contributed by atoms with Crippen molar-refractivity contribution in [3.05, 3.63) is 48.0 Å². The Morgan fingerprint density at radius 3 is 2.25 bits per heavy atom. The van der Waals surface area contributed by atoms with Crippen molar-refractivity contribution in [1.82, 2.24) is 4.90 Å². The Morgan fingerprint density at radius 1 is 1.12 bits per heavy atom. The predicted octanol–water partition coefficient (Wildman–Crippen LogP) is 5.24. The Morgan fingerprint density at radius 2 is 1.75 bits per heavy atom. The number of ether oxygens (including phenoxy) is 2. The first kappa shape index (κ1) is 24.5. The number of carbonyl (C=O) groups is 2. The third-order valence-corrected chi connectivity index (χ3v) is 4.66. The molecule has 0 radical (unpaired) electrons. The molecule has 2 rings (SSSR count). The number of benzene rings is 2. The fraction of sp³-hybridized carbons (Fsp3) is 0.375. The molecule has 0 aliphatic rings. The molecule has 0 fully saturated rings. The summed E-state index contributed by atoms with van der Waals surface area (Å²) >= 11 is 0. The van der Waals surface area contributed by atoms with Gasteiger partial charge in [-0.2, -0.15) is 5.26 Å². The van der Waals surface area contributed by atoms with Crippen molar-refractivity contribution in [2.24, 2.45) is 0 Å². The van der Waals surface area contributed by atoms with Gasteiger partial charge < -0.3 is 19.9 Å². The van der Waals surface area contributed by atoms with E-state index in [4.69, 9.17) is 14.7 Å². The smallest absolute Gasteiger partial charge is 0.408 e. The number of hydrogen-bond donors (Lipinski definition) is 2. The zero-order valence-electron chi connectivity index (χ0n) is 19.0. The molecule has 2 amide bonds. The average Bonchev–Trinajstić information content (AvgIpc) is 2.72. The summed E-state index contributed by atoms with van der Waals surface area (Å²) in [4.78, 5) is 25.7. The van der Waals surface area contributed by atoms with Crippen molar-refractivity contribution < 1.29 is 24.2 Å². The molecule has 2 aromatic carbocycles. The number of nitrogens with zero attached hydrogens (tertiary/aromatic N) is 2. The minimum Gasteiger partial charge on any atom is -0.492 e. The SMILES string of the molecule is CCOc1cc(Oc2ccc(NC(=O)[C@@H](CC)N(C(=O)O)C(C)(C)C)cc2)ccc1C#N. The number of hydrogen-bond acceptors (Lipinski definition) is 5. The molecule has 8 nitrogen and oxygen atoms in total. The van der Waals surface area contributed by atoms with Gasteiger partial charge in [0, 0.05) is 17.3 Å². The second kappa shape index (κ2) is 10.5. The highest BCUT2D eigenvalue weighted by molar-refractivity contribution is 5.96. The van der Waals surface area contributed by atoms with Crippen molar-refractivity contribution in [2.45, 2.75) is 52.6 Å².